The van der Waals surface area contributed by atoms with Crippen molar-refractivity contribution in [1.82, 2.24) is 9.88 Å². The van der Waals surface area contributed by atoms with Crippen molar-refractivity contribution in [2.75, 3.05) is 31.6 Å². The molecule has 138 valence electrons. The summed E-state index contributed by atoms with van der Waals surface area (Å²) in [5, 5.41) is 3.87. The summed E-state index contributed by atoms with van der Waals surface area (Å²) >= 11 is 1.62. The third-order valence-electron chi connectivity index (χ3n) is 5.59. The van der Waals surface area contributed by atoms with Crippen LogP contribution in [0.5, 0.6) is 0 Å². The fraction of sp³-hybridized carbons (Fsp3) is 0.500. The van der Waals surface area contributed by atoms with Crippen LogP contribution in [-0.2, 0) is 27.9 Å². The Morgan fingerprint density at radius 1 is 1.31 bits per heavy atom. The van der Waals surface area contributed by atoms with Crippen LogP contribution in [-0.4, -0.2) is 42.1 Å². The summed E-state index contributed by atoms with van der Waals surface area (Å²) < 4.78 is 5.54. The van der Waals surface area contributed by atoms with Crippen molar-refractivity contribution >= 4 is 22.4 Å². The van der Waals surface area contributed by atoms with E-state index in [1.54, 1.807) is 11.3 Å². The maximum atomic E-state index is 13.3. The van der Waals surface area contributed by atoms with Crippen LogP contribution < -0.4 is 5.32 Å². The van der Waals surface area contributed by atoms with E-state index in [0.717, 1.165) is 42.4 Å². The first kappa shape index (κ1) is 17.6. The molecule has 1 fully saturated rings. The van der Waals surface area contributed by atoms with Crippen LogP contribution in [0.1, 0.15) is 35.9 Å². The summed E-state index contributed by atoms with van der Waals surface area (Å²) in [4.78, 5) is 21.7. The first-order chi connectivity index (χ1) is 12.7. The van der Waals surface area contributed by atoms with Gasteiger partial charge in [0.15, 0.2) is 5.13 Å². The van der Waals surface area contributed by atoms with Crippen molar-refractivity contribution in [2.24, 2.45) is 0 Å². The van der Waals surface area contributed by atoms with Gasteiger partial charge < -0.3 is 10.1 Å². The summed E-state index contributed by atoms with van der Waals surface area (Å²) in [6.07, 6.45) is 2.38. The zero-order valence-electron chi connectivity index (χ0n) is 15.2. The van der Waals surface area contributed by atoms with Crippen LogP contribution in [0.15, 0.2) is 30.3 Å². The molecule has 2 aliphatic heterocycles. The molecule has 1 saturated heterocycles. The van der Waals surface area contributed by atoms with Crippen molar-refractivity contribution in [3.63, 3.8) is 0 Å². The Morgan fingerprint density at radius 2 is 2.08 bits per heavy atom. The van der Waals surface area contributed by atoms with E-state index in [1.807, 2.05) is 18.2 Å². The Morgan fingerprint density at radius 3 is 2.81 bits per heavy atom. The number of carbonyl (C=O) groups is 1. The highest BCUT2D eigenvalue weighted by Crippen LogP contribution is 2.37. The van der Waals surface area contributed by atoms with Gasteiger partial charge in [-0.2, -0.15) is 0 Å². The molecule has 26 heavy (non-hydrogen) atoms. The standard InChI is InChI=1S/C20H25N3O2S/c1-2-23-11-8-16-17(14-23)26-19(21-16)22-18(24)20(9-12-25-13-10-20)15-6-4-3-5-7-15/h3-7H,2,8-14H2,1H3,(H,21,22,24). The molecular weight excluding hydrogens is 346 g/mol. The maximum Gasteiger partial charge on any atom is 0.236 e. The highest BCUT2D eigenvalue weighted by Gasteiger charge is 2.42. The molecule has 0 atom stereocenters. The lowest BCUT2D eigenvalue weighted by Gasteiger charge is -2.35. The van der Waals surface area contributed by atoms with E-state index in [9.17, 15) is 4.79 Å². The second-order valence-corrected chi connectivity index (χ2v) is 8.11. The average Bonchev–Trinajstić information content (AvgIpc) is 3.10. The monoisotopic (exact) mass is 371 g/mol. The summed E-state index contributed by atoms with van der Waals surface area (Å²) in [7, 11) is 0. The molecule has 1 N–H and O–H groups in total. The van der Waals surface area contributed by atoms with Gasteiger partial charge >= 0.3 is 0 Å². The molecule has 0 radical (unpaired) electrons. The van der Waals surface area contributed by atoms with Gasteiger partial charge in [-0.25, -0.2) is 4.98 Å². The molecule has 1 aromatic heterocycles. The minimum absolute atomic E-state index is 0.0467. The summed E-state index contributed by atoms with van der Waals surface area (Å²) in [5.74, 6) is 0.0467. The highest BCUT2D eigenvalue weighted by molar-refractivity contribution is 7.15. The van der Waals surface area contributed by atoms with E-state index in [0.29, 0.717) is 26.1 Å². The topological polar surface area (TPSA) is 54.5 Å². The summed E-state index contributed by atoms with van der Waals surface area (Å²) in [6, 6.07) is 10.1. The second-order valence-electron chi connectivity index (χ2n) is 7.02. The van der Waals surface area contributed by atoms with Gasteiger partial charge in [0, 0.05) is 37.6 Å². The Balaban J connectivity index is 1.57. The van der Waals surface area contributed by atoms with Crippen molar-refractivity contribution in [1.29, 1.82) is 0 Å². The van der Waals surface area contributed by atoms with Crippen molar-refractivity contribution in [3.05, 3.63) is 46.5 Å². The number of aromatic nitrogens is 1. The smallest absolute Gasteiger partial charge is 0.236 e. The third-order valence-corrected chi connectivity index (χ3v) is 6.58. The lowest BCUT2D eigenvalue weighted by molar-refractivity contribution is -0.125. The number of nitrogens with one attached hydrogen (secondary N) is 1. The van der Waals surface area contributed by atoms with Gasteiger partial charge in [-0.15, -0.1) is 11.3 Å². The molecule has 3 heterocycles. The van der Waals surface area contributed by atoms with Crippen molar-refractivity contribution in [3.8, 4) is 0 Å². The Kier molecular flexibility index (Phi) is 5.07. The fourth-order valence-electron chi connectivity index (χ4n) is 3.91. The molecule has 5 nitrogen and oxygen atoms in total. The van der Waals surface area contributed by atoms with Crippen LogP contribution >= 0.6 is 11.3 Å². The first-order valence-electron chi connectivity index (χ1n) is 9.37. The van der Waals surface area contributed by atoms with E-state index in [1.165, 1.54) is 4.88 Å². The molecule has 0 aliphatic carbocycles. The van der Waals surface area contributed by atoms with Gasteiger partial charge in [0.2, 0.25) is 5.91 Å². The Labute approximate surface area is 158 Å². The number of nitrogens with zero attached hydrogens (tertiary/aromatic N) is 2. The third kappa shape index (κ3) is 3.29. The number of rotatable bonds is 4. The molecule has 0 spiro atoms. The lowest BCUT2D eigenvalue weighted by atomic mass is 9.73. The number of carbonyl (C=O) groups excluding carboxylic acids is 1. The van der Waals surface area contributed by atoms with Gasteiger partial charge in [0.1, 0.15) is 0 Å². The second kappa shape index (κ2) is 7.47. The Hall–Kier alpha value is -1.76. The average molecular weight is 372 g/mol. The van der Waals surface area contributed by atoms with Gasteiger partial charge in [-0.3, -0.25) is 9.69 Å². The quantitative estimate of drug-likeness (QED) is 0.897. The number of fused-ring (bicyclic) bond motifs is 1. The zero-order chi connectivity index (χ0) is 18.0. The van der Waals surface area contributed by atoms with Crippen LogP contribution in [0.25, 0.3) is 0 Å². The fourth-order valence-corrected chi connectivity index (χ4v) is 4.96. The predicted octanol–water partition coefficient (Wildman–Crippen LogP) is 3.21. The molecule has 0 bridgehead atoms. The van der Waals surface area contributed by atoms with E-state index >= 15 is 0 Å². The SMILES string of the molecule is CCN1CCc2nc(NC(=O)C3(c4ccccc4)CCOCC3)sc2C1. The normalized spacial score (nSPS) is 19.7. The number of ether oxygens (including phenoxy) is 1. The largest absolute Gasteiger partial charge is 0.381 e. The number of hydrogen-bond acceptors (Lipinski definition) is 5. The van der Waals surface area contributed by atoms with Gasteiger partial charge in [-0.1, -0.05) is 37.3 Å². The number of hydrogen-bond donors (Lipinski definition) is 1. The molecule has 0 unspecified atom stereocenters. The molecular formula is C20H25N3O2S. The van der Waals surface area contributed by atoms with E-state index < -0.39 is 5.41 Å². The minimum atomic E-state index is -0.527. The van der Waals surface area contributed by atoms with Gasteiger partial charge in [0.25, 0.3) is 0 Å². The molecule has 2 aromatic rings. The highest BCUT2D eigenvalue weighted by atomic mass is 32.1. The van der Waals surface area contributed by atoms with Crippen LogP contribution in [0.4, 0.5) is 5.13 Å². The molecule has 2 aliphatic rings. The number of likely N-dealkylation sites (N-methyl/N-ethyl adjacent to an activating group) is 1. The van der Waals surface area contributed by atoms with E-state index in [2.05, 4.69) is 29.3 Å². The molecule has 1 aromatic carbocycles. The molecule has 4 rings (SSSR count). The molecule has 1 amide bonds. The van der Waals surface area contributed by atoms with Crippen LogP contribution in [0.2, 0.25) is 0 Å². The van der Waals surface area contributed by atoms with Crippen molar-refractivity contribution < 1.29 is 9.53 Å². The van der Waals surface area contributed by atoms with Crippen LogP contribution in [0, 0.1) is 0 Å². The number of benzene rings is 1. The number of anilines is 1. The van der Waals surface area contributed by atoms with E-state index in [4.69, 9.17) is 9.72 Å². The van der Waals surface area contributed by atoms with Crippen LogP contribution in [0.3, 0.4) is 0 Å². The van der Waals surface area contributed by atoms with Gasteiger partial charge in [-0.05, 0) is 24.9 Å². The lowest BCUT2D eigenvalue weighted by Crippen LogP contribution is -2.44. The summed E-state index contributed by atoms with van der Waals surface area (Å²) in [6.45, 7) is 6.45. The summed E-state index contributed by atoms with van der Waals surface area (Å²) in [5.41, 5.74) is 1.69. The number of thiazole rings is 1. The molecule has 0 saturated carbocycles. The first-order valence-corrected chi connectivity index (χ1v) is 10.2. The van der Waals surface area contributed by atoms with Gasteiger partial charge in [0.05, 0.1) is 11.1 Å². The zero-order valence-corrected chi connectivity index (χ0v) is 16.0. The number of amides is 1. The van der Waals surface area contributed by atoms with E-state index in [-0.39, 0.29) is 5.91 Å². The van der Waals surface area contributed by atoms with Crippen molar-refractivity contribution in [2.45, 2.75) is 38.1 Å². The predicted molar refractivity (Wildman–Crippen MR) is 104 cm³/mol. The minimum Gasteiger partial charge on any atom is -0.381 e. The maximum absolute atomic E-state index is 13.3. The Bertz CT molecular complexity index is 769. The molecule has 6 heteroatoms.